The normalized spacial score (nSPS) is 14.7. The molecular formula is C24H32N4O2. The van der Waals surface area contributed by atoms with Gasteiger partial charge in [0, 0.05) is 23.3 Å². The maximum atomic E-state index is 9.60. The Kier molecular flexibility index (Phi) is 7.11. The predicted octanol–water partition coefficient (Wildman–Crippen LogP) is 4.46. The molecule has 0 aliphatic carbocycles. The highest BCUT2D eigenvalue weighted by molar-refractivity contribution is 5.78. The number of ether oxygens (including phenoxy) is 1. The van der Waals surface area contributed by atoms with Crippen LogP contribution in [0.25, 0.3) is 16.6 Å². The molecule has 6 nitrogen and oxygen atoms in total. The molecule has 4 rings (SSSR count). The van der Waals surface area contributed by atoms with E-state index in [2.05, 4.69) is 57.9 Å². The SMILES string of the molecule is CC(C)(C)OC=O.Cc1ccc(-n2cc3ccccc3n2)cc1NC1CCNCC1. The maximum absolute atomic E-state index is 9.60. The molecule has 1 fully saturated rings. The minimum atomic E-state index is -0.318. The number of carbonyl (C=O) groups excluding carboxylic acids is 1. The molecule has 30 heavy (non-hydrogen) atoms. The van der Waals surface area contributed by atoms with Crippen LogP contribution in [0.1, 0.15) is 39.2 Å². The molecule has 0 atom stereocenters. The molecule has 0 unspecified atom stereocenters. The van der Waals surface area contributed by atoms with Crippen LogP contribution in [0.3, 0.4) is 0 Å². The molecule has 1 aliphatic rings. The number of hydrogen-bond acceptors (Lipinski definition) is 5. The highest BCUT2D eigenvalue weighted by Crippen LogP contribution is 2.23. The number of nitrogens with zero attached hydrogens (tertiary/aromatic N) is 2. The van der Waals surface area contributed by atoms with E-state index in [0.29, 0.717) is 12.5 Å². The van der Waals surface area contributed by atoms with Crippen LogP contribution in [0.15, 0.2) is 48.7 Å². The number of nitrogens with one attached hydrogen (secondary N) is 2. The minimum Gasteiger partial charge on any atom is -0.462 e. The molecule has 3 aromatic rings. The third-order valence-electron chi connectivity index (χ3n) is 5.00. The molecule has 0 amide bonds. The molecule has 0 bridgehead atoms. The van der Waals surface area contributed by atoms with Gasteiger partial charge in [0.1, 0.15) is 5.60 Å². The zero-order valence-corrected chi connectivity index (χ0v) is 18.3. The number of aryl methyl sites for hydroxylation is 1. The molecule has 0 saturated carbocycles. The van der Waals surface area contributed by atoms with Crippen molar-refractivity contribution in [3.63, 3.8) is 0 Å². The van der Waals surface area contributed by atoms with E-state index in [9.17, 15) is 4.79 Å². The van der Waals surface area contributed by atoms with Crippen LogP contribution in [0.5, 0.6) is 0 Å². The zero-order chi connectivity index (χ0) is 21.6. The van der Waals surface area contributed by atoms with Crippen molar-refractivity contribution in [1.29, 1.82) is 0 Å². The second-order valence-electron chi connectivity index (χ2n) is 8.63. The fourth-order valence-electron chi connectivity index (χ4n) is 3.34. The number of hydrogen-bond donors (Lipinski definition) is 2. The molecule has 2 heterocycles. The van der Waals surface area contributed by atoms with Gasteiger partial charge in [-0.15, -0.1) is 0 Å². The summed E-state index contributed by atoms with van der Waals surface area (Å²) in [5, 5.41) is 13.0. The lowest BCUT2D eigenvalue weighted by molar-refractivity contribution is -0.138. The average Bonchev–Trinajstić information content (AvgIpc) is 3.14. The standard InChI is InChI=1S/C19H22N4.C5H10O2/c1-14-6-7-17(12-19(14)21-16-8-10-20-11-9-16)23-13-15-4-2-3-5-18(15)22-23;1-5(2,3)7-4-6/h2-7,12-13,16,20-21H,8-11H2,1H3;4H,1-3H3. The van der Waals surface area contributed by atoms with Crippen LogP contribution < -0.4 is 10.6 Å². The van der Waals surface area contributed by atoms with Gasteiger partial charge in [0.05, 0.1) is 11.2 Å². The summed E-state index contributed by atoms with van der Waals surface area (Å²) in [5.41, 5.74) is 4.31. The van der Waals surface area contributed by atoms with Gasteiger partial charge >= 0.3 is 0 Å². The lowest BCUT2D eigenvalue weighted by Crippen LogP contribution is -2.35. The van der Waals surface area contributed by atoms with Crippen LogP contribution in [0.2, 0.25) is 0 Å². The number of rotatable bonds is 4. The topological polar surface area (TPSA) is 68.2 Å². The van der Waals surface area contributed by atoms with Gasteiger partial charge < -0.3 is 15.4 Å². The van der Waals surface area contributed by atoms with E-state index in [1.54, 1.807) is 0 Å². The van der Waals surface area contributed by atoms with Gasteiger partial charge in [-0.25, -0.2) is 4.68 Å². The van der Waals surface area contributed by atoms with Gasteiger partial charge in [0.15, 0.2) is 0 Å². The van der Waals surface area contributed by atoms with Crippen molar-refractivity contribution in [1.82, 2.24) is 15.1 Å². The van der Waals surface area contributed by atoms with Gasteiger partial charge in [-0.05, 0) is 77.4 Å². The molecule has 0 radical (unpaired) electrons. The van der Waals surface area contributed by atoms with E-state index < -0.39 is 0 Å². The Hall–Kier alpha value is -2.86. The van der Waals surface area contributed by atoms with Crippen molar-refractivity contribution < 1.29 is 9.53 Å². The second-order valence-corrected chi connectivity index (χ2v) is 8.63. The largest absolute Gasteiger partial charge is 0.462 e. The zero-order valence-electron chi connectivity index (χ0n) is 18.3. The summed E-state index contributed by atoms with van der Waals surface area (Å²) in [4.78, 5) is 9.60. The van der Waals surface area contributed by atoms with Crippen LogP contribution in [-0.4, -0.2) is 41.0 Å². The van der Waals surface area contributed by atoms with Gasteiger partial charge in [0.2, 0.25) is 0 Å². The first-order chi connectivity index (χ1) is 14.4. The number of anilines is 1. The van der Waals surface area contributed by atoms with Gasteiger partial charge in [0.25, 0.3) is 6.47 Å². The van der Waals surface area contributed by atoms with E-state index in [1.165, 1.54) is 29.5 Å². The fraction of sp³-hybridized carbons (Fsp3) is 0.417. The summed E-state index contributed by atoms with van der Waals surface area (Å²) in [6.45, 7) is 10.3. The molecule has 1 aliphatic heterocycles. The molecule has 1 saturated heterocycles. The Labute approximate surface area is 178 Å². The highest BCUT2D eigenvalue weighted by atomic mass is 16.5. The van der Waals surface area contributed by atoms with Crippen molar-refractivity contribution in [2.75, 3.05) is 18.4 Å². The van der Waals surface area contributed by atoms with Crippen molar-refractivity contribution in [3.8, 4) is 5.69 Å². The molecule has 6 heteroatoms. The number of fused-ring (bicyclic) bond motifs is 1. The van der Waals surface area contributed by atoms with E-state index >= 15 is 0 Å². The first-order valence-electron chi connectivity index (χ1n) is 10.5. The second kappa shape index (κ2) is 9.76. The monoisotopic (exact) mass is 408 g/mol. The summed E-state index contributed by atoms with van der Waals surface area (Å²) in [7, 11) is 0. The lowest BCUT2D eigenvalue weighted by Gasteiger charge is -2.25. The number of benzene rings is 2. The van der Waals surface area contributed by atoms with Crippen molar-refractivity contribution in [2.45, 2.75) is 52.2 Å². The molecule has 160 valence electrons. The van der Waals surface area contributed by atoms with E-state index in [1.807, 2.05) is 43.7 Å². The van der Waals surface area contributed by atoms with Crippen LogP contribution in [0, 0.1) is 6.92 Å². The van der Waals surface area contributed by atoms with Gasteiger partial charge in [-0.3, -0.25) is 4.79 Å². The average molecular weight is 409 g/mol. The summed E-state index contributed by atoms with van der Waals surface area (Å²) >= 11 is 0. The molecule has 0 spiro atoms. The Bertz CT molecular complexity index is 936. The molecular weight excluding hydrogens is 376 g/mol. The van der Waals surface area contributed by atoms with Gasteiger partial charge in [-0.1, -0.05) is 24.3 Å². The quantitative estimate of drug-likeness (QED) is 0.624. The van der Waals surface area contributed by atoms with Crippen molar-refractivity contribution in [2.24, 2.45) is 0 Å². The van der Waals surface area contributed by atoms with Gasteiger partial charge in [-0.2, -0.15) is 5.10 Å². The lowest BCUT2D eigenvalue weighted by atomic mass is 10.1. The third-order valence-corrected chi connectivity index (χ3v) is 5.00. The Balaban J connectivity index is 0.000000318. The number of carbonyl (C=O) groups is 1. The molecule has 2 N–H and O–H groups in total. The molecule has 2 aromatic carbocycles. The highest BCUT2D eigenvalue weighted by Gasteiger charge is 2.14. The van der Waals surface area contributed by atoms with Crippen molar-refractivity contribution in [3.05, 3.63) is 54.2 Å². The Morgan fingerprint density at radius 3 is 2.53 bits per heavy atom. The Morgan fingerprint density at radius 1 is 1.17 bits per heavy atom. The molecule has 1 aromatic heterocycles. The summed E-state index contributed by atoms with van der Waals surface area (Å²) in [6, 6.07) is 15.3. The Morgan fingerprint density at radius 2 is 1.90 bits per heavy atom. The van der Waals surface area contributed by atoms with Crippen molar-refractivity contribution >= 4 is 23.1 Å². The fourth-order valence-corrected chi connectivity index (χ4v) is 3.34. The summed E-state index contributed by atoms with van der Waals surface area (Å²) < 4.78 is 6.52. The smallest absolute Gasteiger partial charge is 0.293 e. The van der Waals surface area contributed by atoms with Crippen LogP contribution in [-0.2, 0) is 9.53 Å². The first kappa shape index (κ1) is 21.8. The van der Waals surface area contributed by atoms with E-state index in [-0.39, 0.29) is 5.60 Å². The van der Waals surface area contributed by atoms with Crippen LogP contribution in [0.4, 0.5) is 5.69 Å². The predicted molar refractivity (Wildman–Crippen MR) is 122 cm³/mol. The van der Waals surface area contributed by atoms with Crippen LogP contribution >= 0.6 is 0 Å². The minimum absolute atomic E-state index is 0.318. The summed E-state index contributed by atoms with van der Waals surface area (Å²) in [5.74, 6) is 0. The number of aromatic nitrogens is 2. The summed E-state index contributed by atoms with van der Waals surface area (Å²) in [6.07, 6.45) is 4.44. The maximum Gasteiger partial charge on any atom is 0.293 e. The van der Waals surface area contributed by atoms with E-state index in [0.717, 1.165) is 24.3 Å². The first-order valence-corrected chi connectivity index (χ1v) is 10.5. The third kappa shape index (κ3) is 6.07. The van der Waals surface area contributed by atoms with E-state index in [4.69, 9.17) is 0 Å². The number of piperidine rings is 1.